The Morgan fingerprint density at radius 3 is 2.47 bits per heavy atom. The lowest BCUT2D eigenvalue weighted by molar-refractivity contribution is -0.126. The van der Waals surface area contributed by atoms with Gasteiger partial charge in [-0.25, -0.2) is 0 Å². The Bertz CT molecular complexity index is 220. The number of nitrogens with one attached hydrogen (secondary N) is 1. The monoisotopic (exact) mass is 240 g/mol. The third kappa shape index (κ3) is 5.53. The fourth-order valence-corrected chi connectivity index (χ4v) is 2.53. The molecule has 1 rings (SSSR count). The van der Waals surface area contributed by atoms with Gasteiger partial charge in [-0.15, -0.1) is 0 Å². The number of amides is 1. The van der Waals surface area contributed by atoms with Crippen LogP contribution in [-0.2, 0) is 4.79 Å². The van der Waals surface area contributed by atoms with E-state index < -0.39 is 0 Å². The van der Waals surface area contributed by atoms with Crippen molar-refractivity contribution in [1.82, 2.24) is 5.32 Å². The molecule has 0 aromatic carbocycles. The zero-order valence-corrected chi connectivity index (χ0v) is 11.4. The summed E-state index contributed by atoms with van der Waals surface area (Å²) < 4.78 is 0. The van der Waals surface area contributed by atoms with Crippen molar-refractivity contribution in [2.45, 2.75) is 52.4 Å². The normalized spacial score (nSPS) is 24.9. The SMILES string of the molecule is CC(C)CCCNC(=O)[C@H]1CC[C@H](CN)CC1. The van der Waals surface area contributed by atoms with Crippen LogP contribution in [0.3, 0.4) is 0 Å². The molecule has 0 atom stereocenters. The highest BCUT2D eigenvalue weighted by molar-refractivity contribution is 5.78. The molecule has 0 saturated heterocycles. The zero-order chi connectivity index (χ0) is 12.7. The van der Waals surface area contributed by atoms with Crippen LogP contribution in [0.1, 0.15) is 52.4 Å². The van der Waals surface area contributed by atoms with E-state index in [0.29, 0.717) is 5.92 Å². The third-order valence-corrected chi connectivity index (χ3v) is 3.81. The first kappa shape index (κ1) is 14.5. The summed E-state index contributed by atoms with van der Waals surface area (Å²) in [5, 5.41) is 3.07. The molecule has 0 heterocycles. The van der Waals surface area contributed by atoms with Gasteiger partial charge in [-0.3, -0.25) is 4.79 Å². The van der Waals surface area contributed by atoms with Crippen molar-refractivity contribution >= 4 is 5.91 Å². The van der Waals surface area contributed by atoms with E-state index in [-0.39, 0.29) is 11.8 Å². The molecule has 3 N–H and O–H groups in total. The molecule has 0 aliphatic heterocycles. The minimum Gasteiger partial charge on any atom is -0.356 e. The van der Waals surface area contributed by atoms with Crippen LogP contribution in [0.4, 0.5) is 0 Å². The molecule has 1 amide bonds. The van der Waals surface area contributed by atoms with Gasteiger partial charge < -0.3 is 11.1 Å². The van der Waals surface area contributed by atoms with Crippen LogP contribution in [-0.4, -0.2) is 19.0 Å². The molecule has 3 heteroatoms. The molecule has 1 aliphatic rings. The summed E-state index contributed by atoms with van der Waals surface area (Å²) in [5.74, 6) is 1.90. The maximum Gasteiger partial charge on any atom is 0.223 e. The van der Waals surface area contributed by atoms with E-state index in [1.165, 1.54) is 6.42 Å². The van der Waals surface area contributed by atoms with Crippen LogP contribution in [0.2, 0.25) is 0 Å². The second kappa shape index (κ2) is 7.70. The first-order valence-corrected chi connectivity index (χ1v) is 7.11. The Balaban J connectivity index is 2.12. The summed E-state index contributed by atoms with van der Waals surface area (Å²) >= 11 is 0. The number of rotatable bonds is 6. The molecule has 1 saturated carbocycles. The molecule has 0 spiro atoms. The predicted molar refractivity (Wildman–Crippen MR) is 71.6 cm³/mol. The lowest BCUT2D eigenvalue weighted by Crippen LogP contribution is -2.34. The number of carbonyl (C=O) groups is 1. The molecule has 0 radical (unpaired) electrons. The van der Waals surface area contributed by atoms with Gasteiger partial charge in [-0.1, -0.05) is 13.8 Å². The van der Waals surface area contributed by atoms with Crippen LogP contribution >= 0.6 is 0 Å². The second-order valence-electron chi connectivity index (χ2n) is 5.78. The van der Waals surface area contributed by atoms with Crippen molar-refractivity contribution < 1.29 is 4.79 Å². The molecule has 1 fully saturated rings. The summed E-state index contributed by atoms with van der Waals surface area (Å²) in [7, 11) is 0. The van der Waals surface area contributed by atoms with Gasteiger partial charge in [0.15, 0.2) is 0 Å². The number of hydrogen-bond acceptors (Lipinski definition) is 2. The average Bonchev–Trinajstić information content (AvgIpc) is 2.34. The predicted octanol–water partition coefficient (Wildman–Crippen LogP) is 2.30. The van der Waals surface area contributed by atoms with E-state index in [1.807, 2.05) is 0 Å². The second-order valence-corrected chi connectivity index (χ2v) is 5.78. The van der Waals surface area contributed by atoms with Gasteiger partial charge in [-0.05, 0) is 56.9 Å². The topological polar surface area (TPSA) is 55.1 Å². The van der Waals surface area contributed by atoms with Crippen molar-refractivity contribution in [3.05, 3.63) is 0 Å². The first-order chi connectivity index (χ1) is 8.13. The maximum absolute atomic E-state index is 11.9. The third-order valence-electron chi connectivity index (χ3n) is 3.81. The first-order valence-electron chi connectivity index (χ1n) is 7.11. The summed E-state index contributed by atoms with van der Waals surface area (Å²) in [5.41, 5.74) is 5.65. The van der Waals surface area contributed by atoms with Gasteiger partial charge in [0.1, 0.15) is 0 Å². The lowest BCUT2D eigenvalue weighted by atomic mass is 9.81. The number of nitrogens with two attached hydrogens (primary N) is 1. The van der Waals surface area contributed by atoms with Crippen LogP contribution in [0, 0.1) is 17.8 Å². The molecule has 0 unspecified atom stereocenters. The molecule has 17 heavy (non-hydrogen) atoms. The van der Waals surface area contributed by atoms with Crippen LogP contribution in [0.25, 0.3) is 0 Å². The van der Waals surface area contributed by atoms with E-state index in [9.17, 15) is 4.79 Å². The zero-order valence-electron chi connectivity index (χ0n) is 11.4. The van der Waals surface area contributed by atoms with Gasteiger partial charge in [-0.2, -0.15) is 0 Å². The fourth-order valence-electron chi connectivity index (χ4n) is 2.53. The van der Waals surface area contributed by atoms with Gasteiger partial charge in [0.25, 0.3) is 0 Å². The molecule has 3 nitrogen and oxygen atoms in total. The van der Waals surface area contributed by atoms with Crippen molar-refractivity contribution in [2.24, 2.45) is 23.5 Å². The molecule has 0 aromatic heterocycles. The van der Waals surface area contributed by atoms with E-state index in [1.54, 1.807) is 0 Å². The van der Waals surface area contributed by atoms with Crippen molar-refractivity contribution in [3.8, 4) is 0 Å². The lowest BCUT2D eigenvalue weighted by Gasteiger charge is -2.26. The molecular weight excluding hydrogens is 212 g/mol. The molecule has 1 aliphatic carbocycles. The Labute approximate surface area is 106 Å². The highest BCUT2D eigenvalue weighted by Gasteiger charge is 2.25. The maximum atomic E-state index is 11.9. The van der Waals surface area contributed by atoms with Crippen LogP contribution < -0.4 is 11.1 Å². The molecule has 0 aromatic rings. The Morgan fingerprint density at radius 1 is 1.29 bits per heavy atom. The van der Waals surface area contributed by atoms with E-state index in [2.05, 4.69) is 19.2 Å². The minimum absolute atomic E-state index is 0.247. The van der Waals surface area contributed by atoms with E-state index >= 15 is 0 Å². The molecular formula is C14H28N2O. The Morgan fingerprint density at radius 2 is 1.94 bits per heavy atom. The van der Waals surface area contributed by atoms with E-state index in [0.717, 1.165) is 51.1 Å². The Kier molecular flexibility index (Phi) is 6.56. The van der Waals surface area contributed by atoms with Gasteiger partial charge in [0.2, 0.25) is 5.91 Å². The summed E-state index contributed by atoms with van der Waals surface area (Å²) in [6.07, 6.45) is 6.60. The number of hydrogen-bond donors (Lipinski definition) is 2. The van der Waals surface area contributed by atoms with Crippen molar-refractivity contribution in [3.63, 3.8) is 0 Å². The fraction of sp³-hybridized carbons (Fsp3) is 0.929. The summed E-state index contributed by atoms with van der Waals surface area (Å²) in [4.78, 5) is 11.9. The van der Waals surface area contributed by atoms with Crippen molar-refractivity contribution in [1.29, 1.82) is 0 Å². The van der Waals surface area contributed by atoms with E-state index in [4.69, 9.17) is 5.73 Å². The van der Waals surface area contributed by atoms with Crippen LogP contribution in [0.15, 0.2) is 0 Å². The quantitative estimate of drug-likeness (QED) is 0.700. The highest BCUT2D eigenvalue weighted by atomic mass is 16.1. The van der Waals surface area contributed by atoms with Gasteiger partial charge >= 0.3 is 0 Å². The highest BCUT2D eigenvalue weighted by Crippen LogP contribution is 2.28. The van der Waals surface area contributed by atoms with Gasteiger partial charge in [0.05, 0.1) is 0 Å². The molecule has 100 valence electrons. The standard InChI is InChI=1S/C14H28N2O/c1-11(2)4-3-9-16-14(17)13-7-5-12(10-15)6-8-13/h11-13H,3-10,15H2,1-2H3,(H,16,17)/t12-,13-. The number of carbonyl (C=O) groups excluding carboxylic acids is 1. The summed E-state index contributed by atoms with van der Waals surface area (Å²) in [6, 6.07) is 0. The Hall–Kier alpha value is -0.570. The van der Waals surface area contributed by atoms with Crippen molar-refractivity contribution in [2.75, 3.05) is 13.1 Å². The minimum atomic E-state index is 0.247. The van der Waals surface area contributed by atoms with Crippen LogP contribution in [0.5, 0.6) is 0 Å². The summed E-state index contributed by atoms with van der Waals surface area (Å²) in [6.45, 7) is 6.06. The smallest absolute Gasteiger partial charge is 0.223 e. The largest absolute Gasteiger partial charge is 0.356 e. The average molecular weight is 240 g/mol. The van der Waals surface area contributed by atoms with Gasteiger partial charge in [0, 0.05) is 12.5 Å². The molecule has 0 bridgehead atoms.